The number of carbonyl (C=O) groups excluding carboxylic acids is 1. The zero-order chi connectivity index (χ0) is 15.0. The number of nitrogens with zero attached hydrogens (tertiary/aromatic N) is 3. The molecule has 0 bridgehead atoms. The van der Waals surface area contributed by atoms with Crippen LogP contribution < -0.4 is 0 Å². The molecule has 1 unspecified atom stereocenters. The number of benzene rings is 1. The summed E-state index contributed by atoms with van der Waals surface area (Å²) in [4.78, 5) is 18.0. The summed E-state index contributed by atoms with van der Waals surface area (Å²) < 4.78 is 5.80. The fourth-order valence-electron chi connectivity index (χ4n) is 2.17. The van der Waals surface area contributed by atoms with Gasteiger partial charge in [0.1, 0.15) is 17.2 Å². The normalized spacial score (nSPS) is 12.5. The van der Waals surface area contributed by atoms with Gasteiger partial charge in [0.25, 0.3) is 5.91 Å². The van der Waals surface area contributed by atoms with Crippen LogP contribution in [0.5, 0.6) is 0 Å². The Morgan fingerprint density at radius 3 is 2.81 bits per heavy atom. The molecule has 2 heterocycles. The van der Waals surface area contributed by atoms with Crippen LogP contribution in [0, 0.1) is 6.92 Å². The fourth-order valence-corrected chi connectivity index (χ4v) is 2.17. The Kier molecular flexibility index (Phi) is 3.21. The Balaban J connectivity index is 1.86. The van der Waals surface area contributed by atoms with Crippen LogP contribution in [0.25, 0.3) is 11.0 Å². The maximum absolute atomic E-state index is 12.3. The van der Waals surface area contributed by atoms with Crippen molar-refractivity contribution in [3.05, 3.63) is 47.7 Å². The first-order valence-corrected chi connectivity index (χ1v) is 6.71. The molecule has 1 amide bonds. The molecule has 0 aliphatic carbocycles. The number of fused-ring (bicyclic) bond motifs is 1. The summed E-state index contributed by atoms with van der Waals surface area (Å²) in [6.07, 6.45) is 0. The monoisotopic (exact) mass is 284 g/mol. The van der Waals surface area contributed by atoms with Gasteiger partial charge in [0.15, 0.2) is 0 Å². The van der Waals surface area contributed by atoms with Crippen molar-refractivity contribution in [2.45, 2.75) is 19.9 Å². The SMILES string of the molecule is Cc1nc(C(=O)N(C)C(C)c2cc3ccccc3o2)n[nH]1. The molecule has 0 radical (unpaired) electrons. The summed E-state index contributed by atoms with van der Waals surface area (Å²) >= 11 is 0. The van der Waals surface area contributed by atoms with Gasteiger partial charge < -0.3 is 9.32 Å². The molecule has 3 aromatic rings. The maximum Gasteiger partial charge on any atom is 0.293 e. The number of amides is 1. The summed E-state index contributed by atoms with van der Waals surface area (Å²) in [6, 6.07) is 9.52. The Hall–Kier alpha value is -2.63. The van der Waals surface area contributed by atoms with Crippen molar-refractivity contribution < 1.29 is 9.21 Å². The van der Waals surface area contributed by atoms with E-state index >= 15 is 0 Å². The van der Waals surface area contributed by atoms with Crippen LogP contribution in [0.1, 0.15) is 35.2 Å². The lowest BCUT2D eigenvalue weighted by Crippen LogP contribution is -2.30. The van der Waals surface area contributed by atoms with Gasteiger partial charge in [-0.25, -0.2) is 4.98 Å². The lowest BCUT2D eigenvalue weighted by molar-refractivity contribution is 0.0715. The van der Waals surface area contributed by atoms with Crippen LogP contribution in [0.15, 0.2) is 34.7 Å². The Labute approximate surface area is 121 Å². The van der Waals surface area contributed by atoms with Crippen molar-refractivity contribution in [3.63, 3.8) is 0 Å². The van der Waals surface area contributed by atoms with E-state index in [4.69, 9.17) is 4.42 Å². The summed E-state index contributed by atoms with van der Waals surface area (Å²) in [6.45, 7) is 3.67. The third-order valence-electron chi connectivity index (χ3n) is 3.55. The molecule has 1 N–H and O–H groups in total. The van der Waals surface area contributed by atoms with Crippen LogP contribution in [0.3, 0.4) is 0 Å². The highest BCUT2D eigenvalue weighted by atomic mass is 16.3. The van der Waals surface area contributed by atoms with Gasteiger partial charge in [-0.05, 0) is 26.0 Å². The second kappa shape index (κ2) is 5.05. The zero-order valence-corrected chi connectivity index (χ0v) is 12.1. The zero-order valence-electron chi connectivity index (χ0n) is 12.1. The second-order valence-electron chi connectivity index (χ2n) is 5.02. The highest BCUT2D eigenvalue weighted by Crippen LogP contribution is 2.27. The Bertz CT molecular complexity index is 757. The van der Waals surface area contributed by atoms with Crippen LogP contribution in [-0.2, 0) is 0 Å². The average Bonchev–Trinajstić information content (AvgIpc) is 3.10. The quantitative estimate of drug-likeness (QED) is 0.802. The fraction of sp³-hybridized carbons (Fsp3) is 0.267. The predicted octanol–water partition coefficient (Wildman–Crippen LogP) is 2.69. The van der Waals surface area contributed by atoms with Gasteiger partial charge in [0.2, 0.25) is 5.82 Å². The highest BCUT2D eigenvalue weighted by Gasteiger charge is 2.24. The van der Waals surface area contributed by atoms with Gasteiger partial charge in [-0.3, -0.25) is 9.89 Å². The molecular weight excluding hydrogens is 268 g/mol. The van der Waals surface area contributed by atoms with Gasteiger partial charge in [0, 0.05) is 12.4 Å². The molecule has 3 rings (SSSR count). The second-order valence-corrected chi connectivity index (χ2v) is 5.02. The van der Waals surface area contributed by atoms with Crippen molar-refractivity contribution in [1.29, 1.82) is 0 Å². The van der Waals surface area contributed by atoms with E-state index in [9.17, 15) is 4.79 Å². The van der Waals surface area contributed by atoms with Gasteiger partial charge in [-0.2, -0.15) is 0 Å². The van der Waals surface area contributed by atoms with Crippen LogP contribution in [0.4, 0.5) is 0 Å². The van der Waals surface area contributed by atoms with E-state index < -0.39 is 0 Å². The van der Waals surface area contributed by atoms with E-state index in [2.05, 4.69) is 15.2 Å². The smallest absolute Gasteiger partial charge is 0.293 e. The first-order valence-electron chi connectivity index (χ1n) is 6.71. The van der Waals surface area contributed by atoms with Crippen LogP contribution >= 0.6 is 0 Å². The number of rotatable bonds is 3. The van der Waals surface area contributed by atoms with Crippen LogP contribution in [0.2, 0.25) is 0 Å². The molecule has 6 heteroatoms. The number of furan rings is 1. The molecule has 0 saturated carbocycles. The first kappa shape index (κ1) is 13.4. The molecule has 108 valence electrons. The molecule has 21 heavy (non-hydrogen) atoms. The number of nitrogens with one attached hydrogen (secondary N) is 1. The van der Waals surface area contributed by atoms with E-state index in [1.807, 2.05) is 37.3 Å². The minimum absolute atomic E-state index is 0.165. The molecule has 1 atom stereocenters. The minimum Gasteiger partial charge on any atom is -0.459 e. The summed E-state index contributed by atoms with van der Waals surface area (Å²) in [7, 11) is 1.71. The number of aromatic amines is 1. The third kappa shape index (κ3) is 2.40. The van der Waals surface area contributed by atoms with Gasteiger partial charge in [-0.15, -0.1) is 5.10 Å². The molecule has 0 aliphatic heterocycles. The lowest BCUT2D eigenvalue weighted by Gasteiger charge is -2.21. The third-order valence-corrected chi connectivity index (χ3v) is 3.55. The van der Waals surface area contributed by atoms with E-state index in [1.54, 1.807) is 18.9 Å². The van der Waals surface area contributed by atoms with Gasteiger partial charge >= 0.3 is 0 Å². The van der Waals surface area contributed by atoms with Crippen molar-refractivity contribution in [3.8, 4) is 0 Å². The Morgan fingerprint density at radius 1 is 1.38 bits per heavy atom. The van der Waals surface area contributed by atoms with Crippen molar-refractivity contribution in [2.24, 2.45) is 0 Å². The first-order chi connectivity index (χ1) is 10.1. The maximum atomic E-state index is 12.3. The van der Waals surface area contributed by atoms with E-state index in [1.165, 1.54) is 0 Å². The standard InChI is InChI=1S/C15H16N4O2/c1-9(13-8-11-6-4-5-7-12(11)21-13)19(3)15(20)14-16-10(2)17-18-14/h4-9H,1-3H3,(H,16,17,18). The van der Waals surface area contributed by atoms with Crippen molar-refractivity contribution >= 4 is 16.9 Å². The van der Waals surface area contributed by atoms with E-state index in [-0.39, 0.29) is 17.8 Å². The molecule has 2 aromatic heterocycles. The summed E-state index contributed by atoms with van der Waals surface area (Å²) in [5, 5.41) is 7.59. The molecule has 0 aliphatic rings. The molecule has 1 aromatic carbocycles. The number of H-pyrrole nitrogens is 1. The number of hydrogen-bond acceptors (Lipinski definition) is 4. The molecule has 6 nitrogen and oxygen atoms in total. The molecular formula is C15H16N4O2. The number of aryl methyl sites for hydroxylation is 1. The number of carbonyl (C=O) groups is 1. The lowest BCUT2D eigenvalue weighted by atomic mass is 10.2. The summed E-state index contributed by atoms with van der Waals surface area (Å²) in [5.41, 5.74) is 0.814. The minimum atomic E-state index is -0.243. The molecule has 0 saturated heterocycles. The Morgan fingerprint density at radius 2 is 2.14 bits per heavy atom. The molecule has 0 fully saturated rings. The molecule has 0 spiro atoms. The topological polar surface area (TPSA) is 75.0 Å². The van der Waals surface area contributed by atoms with E-state index in [0.29, 0.717) is 5.82 Å². The van der Waals surface area contributed by atoms with Gasteiger partial charge in [0.05, 0.1) is 6.04 Å². The number of hydrogen-bond donors (Lipinski definition) is 1. The summed E-state index contributed by atoms with van der Waals surface area (Å²) in [5.74, 6) is 1.27. The largest absolute Gasteiger partial charge is 0.459 e. The van der Waals surface area contributed by atoms with E-state index in [0.717, 1.165) is 16.7 Å². The predicted molar refractivity (Wildman–Crippen MR) is 77.8 cm³/mol. The van der Waals surface area contributed by atoms with Crippen molar-refractivity contribution in [2.75, 3.05) is 7.05 Å². The number of para-hydroxylation sites is 1. The van der Waals surface area contributed by atoms with Crippen molar-refractivity contribution in [1.82, 2.24) is 20.1 Å². The highest BCUT2D eigenvalue weighted by molar-refractivity contribution is 5.90. The van der Waals surface area contributed by atoms with Crippen LogP contribution in [-0.4, -0.2) is 33.0 Å². The van der Waals surface area contributed by atoms with Gasteiger partial charge in [-0.1, -0.05) is 18.2 Å². The average molecular weight is 284 g/mol. The number of aromatic nitrogens is 3.